The maximum Gasteiger partial charge on any atom is 0.126 e. The van der Waals surface area contributed by atoms with Crippen LogP contribution in [0.4, 0.5) is 4.39 Å². The lowest BCUT2D eigenvalue weighted by Gasteiger charge is -2.14. The summed E-state index contributed by atoms with van der Waals surface area (Å²) < 4.78 is 18.6. The van der Waals surface area contributed by atoms with Crippen molar-refractivity contribution in [3.05, 3.63) is 29.6 Å². The van der Waals surface area contributed by atoms with Gasteiger partial charge in [0.1, 0.15) is 11.6 Å². The highest BCUT2D eigenvalue weighted by Gasteiger charge is 2.43. The highest BCUT2D eigenvalue weighted by molar-refractivity contribution is 5.32. The van der Waals surface area contributed by atoms with E-state index in [2.05, 4.69) is 6.07 Å². The summed E-state index contributed by atoms with van der Waals surface area (Å²) >= 11 is 0. The number of halogens is 1. The van der Waals surface area contributed by atoms with Gasteiger partial charge in [0.15, 0.2) is 0 Å². The second-order valence-corrected chi connectivity index (χ2v) is 4.53. The van der Waals surface area contributed by atoms with Gasteiger partial charge in [-0.3, -0.25) is 0 Å². The number of hydrogen-bond acceptors (Lipinski definition) is 2. The Morgan fingerprint density at radius 2 is 2.25 bits per heavy atom. The second-order valence-electron chi connectivity index (χ2n) is 4.53. The van der Waals surface area contributed by atoms with Gasteiger partial charge in [0.05, 0.1) is 12.7 Å². The van der Waals surface area contributed by atoms with Crippen molar-refractivity contribution in [1.29, 1.82) is 5.26 Å². The number of rotatable bonds is 4. The molecule has 3 heteroatoms. The molecule has 2 rings (SSSR count). The summed E-state index contributed by atoms with van der Waals surface area (Å²) in [5.74, 6) is 0.301. The van der Waals surface area contributed by atoms with Gasteiger partial charge in [0, 0.05) is 17.9 Å². The maximum atomic E-state index is 13.0. The minimum absolute atomic E-state index is 0.0352. The minimum Gasteiger partial charge on any atom is -0.493 e. The van der Waals surface area contributed by atoms with Crippen LogP contribution in [0.3, 0.4) is 0 Å². The number of hydrogen-bond donors (Lipinski definition) is 0. The third kappa shape index (κ3) is 2.33. The van der Waals surface area contributed by atoms with Gasteiger partial charge in [-0.25, -0.2) is 4.39 Å². The predicted molar refractivity (Wildman–Crippen MR) is 58.5 cm³/mol. The van der Waals surface area contributed by atoms with Crippen LogP contribution in [0.15, 0.2) is 18.2 Å². The second kappa shape index (κ2) is 4.13. The molecule has 16 heavy (non-hydrogen) atoms. The van der Waals surface area contributed by atoms with E-state index >= 15 is 0 Å². The highest BCUT2D eigenvalue weighted by Crippen LogP contribution is 2.48. The maximum absolute atomic E-state index is 13.0. The van der Waals surface area contributed by atoms with E-state index in [1.165, 1.54) is 12.1 Å². The largest absolute Gasteiger partial charge is 0.493 e. The Morgan fingerprint density at radius 1 is 1.50 bits per heavy atom. The van der Waals surface area contributed by atoms with E-state index in [1.54, 1.807) is 6.07 Å². The van der Waals surface area contributed by atoms with E-state index in [1.807, 2.05) is 6.92 Å². The smallest absolute Gasteiger partial charge is 0.126 e. The van der Waals surface area contributed by atoms with Crippen molar-refractivity contribution < 1.29 is 9.13 Å². The molecule has 1 aliphatic rings. The van der Waals surface area contributed by atoms with Crippen LogP contribution in [-0.2, 0) is 0 Å². The predicted octanol–water partition coefficient (Wildman–Crippen LogP) is 3.21. The van der Waals surface area contributed by atoms with Crippen molar-refractivity contribution in [2.24, 2.45) is 5.41 Å². The number of aryl methyl sites for hydroxylation is 1. The Hall–Kier alpha value is -1.56. The third-order valence-electron chi connectivity index (χ3n) is 3.10. The molecular weight excluding hydrogens is 205 g/mol. The molecule has 1 aromatic rings. The summed E-state index contributed by atoms with van der Waals surface area (Å²) in [6.45, 7) is 2.41. The Bertz CT molecular complexity index is 432. The Balaban J connectivity index is 2.00. The molecular formula is C13H14FNO. The van der Waals surface area contributed by atoms with E-state index in [0.717, 1.165) is 18.4 Å². The molecule has 0 unspecified atom stereocenters. The molecule has 1 fully saturated rings. The third-order valence-corrected chi connectivity index (χ3v) is 3.10. The molecule has 0 radical (unpaired) electrons. The normalized spacial score (nSPS) is 16.6. The summed E-state index contributed by atoms with van der Waals surface area (Å²) in [6, 6.07) is 6.70. The van der Waals surface area contributed by atoms with E-state index in [4.69, 9.17) is 10.00 Å². The lowest BCUT2D eigenvalue weighted by atomic mass is 10.1. The zero-order chi connectivity index (χ0) is 11.6. The fourth-order valence-electron chi connectivity index (χ4n) is 1.68. The Kier molecular flexibility index (Phi) is 2.82. The zero-order valence-corrected chi connectivity index (χ0v) is 9.29. The van der Waals surface area contributed by atoms with Gasteiger partial charge in [-0.15, -0.1) is 0 Å². The van der Waals surface area contributed by atoms with Gasteiger partial charge >= 0.3 is 0 Å². The molecule has 2 nitrogen and oxygen atoms in total. The van der Waals surface area contributed by atoms with Crippen molar-refractivity contribution >= 4 is 0 Å². The molecule has 0 N–H and O–H groups in total. The monoisotopic (exact) mass is 219 g/mol. The Labute approximate surface area is 94.7 Å². The lowest BCUT2D eigenvalue weighted by Crippen LogP contribution is -2.12. The SMILES string of the molecule is Cc1ccc(F)cc1OCC1(CC#N)CC1. The fourth-order valence-corrected chi connectivity index (χ4v) is 1.68. The van der Waals surface area contributed by atoms with Crippen LogP contribution in [0.5, 0.6) is 5.75 Å². The summed E-state index contributed by atoms with van der Waals surface area (Å²) in [5, 5.41) is 8.67. The van der Waals surface area contributed by atoms with Crippen LogP contribution in [0.2, 0.25) is 0 Å². The van der Waals surface area contributed by atoms with Crippen LogP contribution in [0.1, 0.15) is 24.8 Å². The first kappa shape index (κ1) is 10.9. The van der Waals surface area contributed by atoms with Crippen molar-refractivity contribution in [2.75, 3.05) is 6.61 Å². The number of nitriles is 1. The van der Waals surface area contributed by atoms with Crippen molar-refractivity contribution in [3.63, 3.8) is 0 Å². The highest BCUT2D eigenvalue weighted by atomic mass is 19.1. The van der Waals surface area contributed by atoms with E-state index in [9.17, 15) is 4.39 Å². The van der Waals surface area contributed by atoms with Gasteiger partial charge in [-0.05, 0) is 31.4 Å². The van der Waals surface area contributed by atoms with Gasteiger partial charge < -0.3 is 4.74 Å². The van der Waals surface area contributed by atoms with Gasteiger partial charge in [0.2, 0.25) is 0 Å². The molecule has 0 spiro atoms. The van der Waals surface area contributed by atoms with Gasteiger partial charge in [-0.2, -0.15) is 5.26 Å². The van der Waals surface area contributed by atoms with Crippen LogP contribution in [0.25, 0.3) is 0 Å². The minimum atomic E-state index is -0.286. The lowest BCUT2D eigenvalue weighted by molar-refractivity contribution is 0.234. The van der Waals surface area contributed by atoms with E-state index < -0.39 is 0 Å². The average molecular weight is 219 g/mol. The summed E-state index contributed by atoms with van der Waals surface area (Å²) in [5.41, 5.74) is 0.960. The molecule has 1 aliphatic carbocycles. The first-order valence-electron chi connectivity index (χ1n) is 5.41. The van der Waals surface area contributed by atoms with Crippen molar-refractivity contribution in [2.45, 2.75) is 26.2 Å². The molecule has 0 aliphatic heterocycles. The molecule has 1 saturated carbocycles. The molecule has 84 valence electrons. The summed E-state index contributed by atoms with van der Waals surface area (Å²) in [6.07, 6.45) is 2.60. The van der Waals surface area contributed by atoms with Crippen LogP contribution >= 0.6 is 0 Å². The molecule has 0 amide bonds. The van der Waals surface area contributed by atoms with Crippen LogP contribution in [-0.4, -0.2) is 6.61 Å². The summed E-state index contributed by atoms with van der Waals surface area (Å²) in [4.78, 5) is 0. The first-order chi connectivity index (χ1) is 7.65. The molecule has 0 atom stereocenters. The number of benzene rings is 1. The van der Waals surface area contributed by atoms with E-state index in [0.29, 0.717) is 18.8 Å². The molecule has 0 saturated heterocycles. The fraction of sp³-hybridized carbons (Fsp3) is 0.462. The number of nitrogens with zero attached hydrogens (tertiary/aromatic N) is 1. The van der Waals surface area contributed by atoms with E-state index in [-0.39, 0.29) is 11.2 Å². The van der Waals surface area contributed by atoms with Crippen molar-refractivity contribution in [1.82, 2.24) is 0 Å². The van der Waals surface area contributed by atoms with Crippen LogP contribution in [0, 0.1) is 29.5 Å². The molecule has 0 heterocycles. The average Bonchev–Trinajstić information content (AvgIpc) is 3.01. The molecule has 0 bridgehead atoms. The summed E-state index contributed by atoms with van der Waals surface area (Å²) in [7, 11) is 0. The van der Waals surface area contributed by atoms with Gasteiger partial charge in [-0.1, -0.05) is 6.07 Å². The molecule has 1 aromatic carbocycles. The molecule has 0 aromatic heterocycles. The number of ether oxygens (including phenoxy) is 1. The van der Waals surface area contributed by atoms with Crippen molar-refractivity contribution in [3.8, 4) is 11.8 Å². The standard InChI is InChI=1S/C13H14FNO/c1-10-2-3-11(14)8-12(10)16-9-13(4-5-13)6-7-15/h2-3,8H,4-6,9H2,1H3. The van der Waals surface area contributed by atoms with Gasteiger partial charge in [0.25, 0.3) is 0 Å². The first-order valence-corrected chi connectivity index (χ1v) is 5.41. The Morgan fingerprint density at radius 3 is 2.88 bits per heavy atom. The van der Waals surface area contributed by atoms with Crippen LogP contribution < -0.4 is 4.74 Å². The zero-order valence-electron chi connectivity index (χ0n) is 9.29. The topological polar surface area (TPSA) is 33.0 Å². The quantitative estimate of drug-likeness (QED) is 0.779.